The molecule has 1 atom stereocenters. The highest BCUT2D eigenvalue weighted by Gasteiger charge is 2.21. The van der Waals surface area contributed by atoms with Gasteiger partial charge in [0.1, 0.15) is 11.8 Å². The van der Waals surface area contributed by atoms with Crippen LogP contribution >= 0.6 is 11.6 Å². The summed E-state index contributed by atoms with van der Waals surface area (Å²) in [7, 11) is 0. The number of carboxylic acids is 1. The average Bonchev–Trinajstić information content (AvgIpc) is 2.47. The minimum atomic E-state index is -2.98. The number of benzene rings is 1. The minimum absolute atomic E-state index is 0.0117. The number of hydrogen-bond donors (Lipinski definition) is 2. The molecule has 0 heterocycles. The van der Waals surface area contributed by atoms with Crippen LogP contribution in [-0.4, -0.2) is 47.6 Å². The Morgan fingerprint density at radius 2 is 2.08 bits per heavy atom. The first-order chi connectivity index (χ1) is 11.2. The van der Waals surface area contributed by atoms with Crippen LogP contribution in [0.15, 0.2) is 18.2 Å². The molecule has 1 rings (SSSR count). The maximum Gasteiger partial charge on any atom is 0.387 e. The van der Waals surface area contributed by atoms with Crippen molar-refractivity contribution in [3.8, 4) is 5.75 Å². The Kier molecular flexibility index (Phi) is 7.87. The fourth-order valence-electron chi connectivity index (χ4n) is 2.01. The molecule has 1 aromatic carbocycles. The number of aliphatic carboxylic acids is 1. The van der Waals surface area contributed by atoms with Crippen LogP contribution in [-0.2, 0) is 16.1 Å². The lowest BCUT2D eigenvalue weighted by Crippen LogP contribution is -2.42. The van der Waals surface area contributed by atoms with Gasteiger partial charge in [-0.1, -0.05) is 17.7 Å². The molecule has 9 heteroatoms. The van der Waals surface area contributed by atoms with E-state index in [1.54, 1.807) is 4.90 Å². The molecule has 0 aromatic heterocycles. The van der Waals surface area contributed by atoms with Crippen molar-refractivity contribution in [1.82, 2.24) is 10.2 Å². The van der Waals surface area contributed by atoms with E-state index in [1.807, 2.05) is 0 Å². The van der Waals surface area contributed by atoms with E-state index in [0.29, 0.717) is 12.1 Å². The Labute approximate surface area is 143 Å². The Morgan fingerprint density at radius 3 is 2.58 bits per heavy atom. The van der Waals surface area contributed by atoms with Crippen LogP contribution in [0.4, 0.5) is 8.78 Å². The number of alkyl halides is 2. The summed E-state index contributed by atoms with van der Waals surface area (Å²) in [6.07, 6.45) is 0. The van der Waals surface area contributed by atoms with Crippen molar-refractivity contribution in [2.75, 3.05) is 13.1 Å². The van der Waals surface area contributed by atoms with Gasteiger partial charge in [0.05, 0.1) is 5.02 Å². The maximum atomic E-state index is 12.2. The number of nitrogens with zero attached hydrogens (tertiary/aromatic N) is 1. The van der Waals surface area contributed by atoms with Gasteiger partial charge in [0, 0.05) is 26.6 Å². The molecule has 0 aliphatic rings. The summed E-state index contributed by atoms with van der Waals surface area (Å²) in [6, 6.07) is 3.49. The van der Waals surface area contributed by atoms with Crippen LogP contribution in [0, 0.1) is 0 Å². The Morgan fingerprint density at radius 1 is 1.42 bits per heavy atom. The molecule has 2 N–H and O–H groups in total. The quantitative estimate of drug-likeness (QED) is 0.703. The SMILES string of the molecule is CC(=O)NCCN(Cc1ccc(OC(F)F)c(Cl)c1)C(C)C(=O)O. The largest absolute Gasteiger partial charge is 0.480 e. The van der Waals surface area contributed by atoms with Crippen molar-refractivity contribution in [1.29, 1.82) is 0 Å². The van der Waals surface area contributed by atoms with Gasteiger partial charge in [-0.3, -0.25) is 14.5 Å². The predicted octanol–water partition coefficient (Wildman–Crippen LogP) is 2.35. The van der Waals surface area contributed by atoms with E-state index in [1.165, 1.54) is 32.0 Å². The van der Waals surface area contributed by atoms with E-state index in [4.69, 9.17) is 11.6 Å². The van der Waals surface area contributed by atoms with Gasteiger partial charge >= 0.3 is 12.6 Å². The average molecular weight is 365 g/mol. The van der Waals surface area contributed by atoms with Gasteiger partial charge in [-0.05, 0) is 24.6 Å². The summed E-state index contributed by atoms with van der Waals surface area (Å²) in [6.45, 7) is 0.725. The molecule has 0 spiro atoms. The summed E-state index contributed by atoms with van der Waals surface area (Å²) in [5.41, 5.74) is 0.637. The smallest absolute Gasteiger partial charge is 0.387 e. The Hall–Kier alpha value is -1.93. The zero-order chi connectivity index (χ0) is 18.3. The third-order valence-electron chi connectivity index (χ3n) is 3.28. The molecule has 0 aliphatic heterocycles. The second-order valence-electron chi connectivity index (χ2n) is 5.11. The third kappa shape index (κ3) is 6.67. The highest BCUT2D eigenvalue weighted by molar-refractivity contribution is 6.32. The van der Waals surface area contributed by atoms with Crippen molar-refractivity contribution < 1.29 is 28.2 Å². The molecule has 0 saturated carbocycles. The first-order valence-electron chi connectivity index (χ1n) is 7.15. The molecule has 0 fully saturated rings. The highest BCUT2D eigenvalue weighted by Crippen LogP contribution is 2.27. The summed E-state index contributed by atoms with van der Waals surface area (Å²) in [5, 5.41) is 11.8. The second-order valence-corrected chi connectivity index (χ2v) is 5.52. The molecular weight excluding hydrogens is 346 g/mol. The molecule has 0 radical (unpaired) electrons. The lowest BCUT2D eigenvalue weighted by Gasteiger charge is -2.26. The van der Waals surface area contributed by atoms with Crippen molar-refractivity contribution in [2.24, 2.45) is 0 Å². The topological polar surface area (TPSA) is 78.9 Å². The molecular formula is C15H19ClF2N2O4. The number of hydrogen-bond acceptors (Lipinski definition) is 4. The number of rotatable bonds is 9. The number of carbonyl (C=O) groups excluding carboxylic acids is 1. The van der Waals surface area contributed by atoms with E-state index < -0.39 is 18.6 Å². The zero-order valence-electron chi connectivity index (χ0n) is 13.3. The number of carboxylic acid groups (broad SMARTS) is 1. The maximum absolute atomic E-state index is 12.2. The van der Waals surface area contributed by atoms with E-state index in [0.717, 1.165) is 0 Å². The zero-order valence-corrected chi connectivity index (χ0v) is 14.0. The lowest BCUT2D eigenvalue weighted by atomic mass is 10.1. The van der Waals surface area contributed by atoms with Crippen LogP contribution in [0.3, 0.4) is 0 Å². The van der Waals surface area contributed by atoms with Gasteiger partial charge in [-0.15, -0.1) is 0 Å². The predicted molar refractivity (Wildman–Crippen MR) is 84.3 cm³/mol. The van der Waals surface area contributed by atoms with E-state index in [-0.39, 0.29) is 29.8 Å². The standard InChI is InChI=1S/C15H19ClF2N2O4/c1-9(14(22)23)20(6-5-19-10(2)21)8-11-3-4-13(12(16)7-11)24-15(17)18/h3-4,7,9,15H,5-6,8H2,1-2H3,(H,19,21)(H,22,23). The van der Waals surface area contributed by atoms with Gasteiger partial charge in [-0.25, -0.2) is 0 Å². The van der Waals surface area contributed by atoms with Crippen molar-refractivity contribution in [2.45, 2.75) is 33.0 Å². The molecule has 1 aromatic rings. The number of amides is 1. The second kappa shape index (κ2) is 9.39. The van der Waals surface area contributed by atoms with E-state index in [2.05, 4.69) is 10.1 Å². The first kappa shape index (κ1) is 20.1. The summed E-state index contributed by atoms with van der Waals surface area (Å²) >= 11 is 5.89. The Bertz CT molecular complexity index is 587. The van der Waals surface area contributed by atoms with Gasteiger partial charge in [-0.2, -0.15) is 8.78 Å². The highest BCUT2D eigenvalue weighted by atomic mass is 35.5. The number of halogens is 3. The van der Waals surface area contributed by atoms with Gasteiger partial charge < -0.3 is 15.2 Å². The first-order valence-corrected chi connectivity index (χ1v) is 7.53. The molecule has 134 valence electrons. The molecule has 6 nitrogen and oxygen atoms in total. The summed E-state index contributed by atoms with van der Waals surface area (Å²) in [4.78, 5) is 23.8. The van der Waals surface area contributed by atoms with Crippen molar-refractivity contribution in [3.63, 3.8) is 0 Å². The normalized spacial score (nSPS) is 12.3. The van der Waals surface area contributed by atoms with E-state index >= 15 is 0 Å². The number of carbonyl (C=O) groups is 2. The number of nitrogens with one attached hydrogen (secondary N) is 1. The third-order valence-corrected chi connectivity index (χ3v) is 3.57. The lowest BCUT2D eigenvalue weighted by molar-refractivity contribution is -0.142. The van der Waals surface area contributed by atoms with Crippen LogP contribution in [0.5, 0.6) is 5.75 Å². The Balaban J connectivity index is 2.83. The molecule has 0 aliphatic carbocycles. The van der Waals surface area contributed by atoms with Crippen molar-refractivity contribution >= 4 is 23.5 Å². The number of ether oxygens (including phenoxy) is 1. The van der Waals surface area contributed by atoms with Gasteiger partial charge in [0.25, 0.3) is 0 Å². The van der Waals surface area contributed by atoms with E-state index in [9.17, 15) is 23.5 Å². The molecule has 1 amide bonds. The monoisotopic (exact) mass is 364 g/mol. The van der Waals surface area contributed by atoms with Crippen LogP contribution in [0.2, 0.25) is 5.02 Å². The fraction of sp³-hybridized carbons (Fsp3) is 0.467. The minimum Gasteiger partial charge on any atom is -0.480 e. The van der Waals surface area contributed by atoms with Crippen LogP contribution in [0.25, 0.3) is 0 Å². The van der Waals surface area contributed by atoms with Gasteiger partial charge in [0.15, 0.2) is 0 Å². The molecule has 24 heavy (non-hydrogen) atoms. The molecule has 0 bridgehead atoms. The molecule has 0 saturated heterocycles. The fourth-order valence-corrected chi connectivity index (χ4v) is 2.26. The van der Waals surface area contributed by atoms with Crippen LogP contribution in [0.1, 0.15) is 19.4 Å². The molecule has 1 unspecified atom stereocenters. The van der Waals surface area contributed by atoms with Crippen molar-refractivity contribution in [3.05, 3.63) is 28.8 Å². The summed E-state index contributed by atoms with van der Waals surface area (Å²) < 4.78 is 28.7. The van der Waals surface area contributed by atoms with Gasteiger partial charge in [0.2, 0.25) is 5.91 Å². The van der Waals surface area contributed by atoms with Crippen LogP contribution < -0.4 is 10.1 Å². The summed E-state index contributed by atoms with van der Waals surface area (Å²) in [5.74, 6) is -1.37.